The van der Waals surface area contributed by atoms with E-state index in [1.54, 1.807) is 38.4 Å². The first-order chi connectivity index (χ1) is 15.2. The highest BCUT2D eigenvalue weighted by molar-refractivity contribution is 6.26. The number of aromatic nitrogens is 6. The summed E-state index contributed by atoms with van der Waals surface area (Å²) < 4.78 is 4.99. The Morgan fingerprint density at radius 1 is 1.00 bits per heavy atom. The lowest BCUT2D eigenvalue weighted by molar-refractivity contribution is -0.386. The monoisotopic (exact) mass is 437 g/mol. The van der Waals surface area contributed by atoms with E-state index in [1.165, 1.54) is 10.8 Å². The lowest BCUT2D eigenvalue weighted by Crippen LogP contribution is -2.10. The van der Waals surface area contributed by atoms with Gasteiger partial charge >= 0.3 is 5.69 Å². The van der Waals surface area contributed by atoms with Crippen LogP contribution >= 0.6 is 0 Å². The van der Waals surface area contributed by atoms with E-state index in [0.717, 1.165) is 29.1 Å². The summed E-state index contributed by atoms with van der Waals surface area (Å²) in [6.07, 6.45) is 8.19. The van der Waals surface area contributed by atoms with E-state index < -0.39 is 4.92 Å². The Labute approximate surface area is 186 Å². The molecule has 0 aromatic carbocycles. The van der Waals surface area contributed by atoms with Crippen LogP contribution in [-0.2, 0) is 17.9 Å². The van der Waals surface area contributed by atoms with Crippen LogP contribution in [0.25, 0.3) is 17.8 Å². The van der Waals surface area contributed by atoms with Crippen molar-refractivity contribution in [2.75, 3.05) is 0 Å². The molecule has 0 aliphatic carbocycles. The molecule has 3 heterocycles. The van der Waals surface area contributed by atoms with Gasteiger partial charge in [-0.2, -0.15) is 15.3 Å². The van der Waals surface area contributed by atoms with Gasteiger partial charge in [0.05, 0.1) is 17.3 Å². The van der Waals surface area contributed by atoms with Crippen LogP contribution in [0.4, 0.5) is 5.69 Å². The zero-order valence-electron chi connectivity index (χ0n) is 19.2. The van der Waals surface area contributed by atoms with Crippen LogP contribution in [0.5, 0.6) is 0 Å². The Morgan fingerprint density at radius 2 is 1.56 bits per heavy atom. The quantitative estimate of drug-likeness (QED) is 0.301. The van der Waals surface area contributed by atoms with Gasteiger partial charge in [-0.3, -0.25) is 24.3 Å². The van der Waals surface area contributed by atoms with Gasteiger partial charge in [-0.15, -0.1) is 0 Å². The molecule has 0 saturated carbocycles. The van der Waals surface area contributed by atoms with Crippen molar-refractivity contribution < 1.29 is 9.72 Å². The average molecular weight is 438 g/mol. The zero-order chi connectivity index (χ0) is 23.6. The Hall–Kier alpha value is -3.82. The van der Waals surface area contributed by atoms with Crippen LogP contribution in [0, 0.1) is 37.8 Å². The van der Waals surface area contributed by atoms with Crippen molar-refractivity contribution in [2.24, 2.45) is 0 Å². The van der Waals surface area contributed by atoms with E-state index in [9.17, 15) is 14.9 Å². The largest absolute Gasteiger partial charge is 0.313 e. The molecule has 0 aliphatic rings. The van der Waals surface area contributed by atoms with Crippen LogP contribution in [-0.4, -0.2) is 40.0 Å². The van der Waals surface area contributed by atoms with E-state index in [4.69, 9.17) is 0 Å². The fraction of sp³-hybridized carbons (Fsp3) is 0.364. The van der Waals surface area contributed by atoms with Gasteiger partial charge in [-0.05, 0) is 59.8 Å². The maximum Gasteiger partial charge on any atom is 0.313 e. The molecule has 0 amide bonds. The summed E-state index contributed by atoms with van der Waals surface area (Å²) in [5.41, 5.74) is 4.04. The molecule has 0 bridgehead atoms. The topological polar surface area (TPSA) is 114 Å². The maximum absolute atomic E-state index is 13.3. The van der Waals surface area contributed by atoms with Crippen molar-refractivity contribution in [3.8, 4) is 0 Å². The zero-order valence-corrected chi connectivity index (χ0v) is 19.2. The first-order valence-corrected chi connectivity index (χ1v) is 10.4. The molecule has 3 rings (SSSR count). The summed E-state index contributed by atoms with van der Waals surface area (Å²) in [5, 5.41) is 24.4. The molecule has 3 aromatic heterocycles. The second kappa shape index (κ2) is 9.13. The van der Waals surface area contributed by atoms with Crippen LogP contribution in [0.2, 0.25) is 0 Å². The molecular weight excluding hydrogens is 410 g/mol. The number of carbonyl (C=O) groups excluding carboxylic acids is 1. The van der Waals surface area contributed by atoms with Crippen molar-refractivity contribution >= 4 is 29.3 Å². The van der Waals surface area contributed by atoms with Gasteiger partial charge in [0, 0.05) is 35.6 Å². The number of ketones is 1. The summed E-state index contributed by atoms with van der Waals surface area (Å²) in [6, 6.07) is 0. The molecule has 32 heavy (non-hydrogen) atoms. The Balaban J connectivity index is 2.11. The normalized spacial score (nSPS) is 12.1. The summed E-state index contributed by atoms with van der Waals surface area (Å²) in [5.74, 6) is -0.335. The number of rotatable bonds is 8. The van der Waals surface area contributed by atoms with E-state index in [0.29, 0.717) is 6.54 Å². The molecule has 0 spiro atoms. The Kier molecular flexibility index (Phi) is 6.52. The van der Waals surface area contributed by atoms with E-state index >= 15 is 0 Å². The third-order valence-corrected chi connectivity index (χ3v) is 5.50. The third kappa shape index (κ3) is 4.16. The molecule has 0 aliphatic heterocycles. The fourth-order valence-electron chi connectivity index (χ4n) is 3.63. The maximum atomic E-state index is 13.3. The van der Waals surface area contributed by atoms with Gasteiger partial charge in [0.15, 0.2) is 0 Å². The molecule has 0 fully saturated rings. The average Bonchev–Trinajstić information content (AvgIpc) is 3.38. The predicted octanol–water partition coefficient (Wildman–Crippen LogP) is 3.74. The van der Waals surface area contributed by atoms with Gasteiger partial charge in [-0.1, -0.05) is 0 Å². The highest BCUT2D eigenvalue weighted by Crippen LogP contribution is 2.26. The summed E-state index contributed by atoms with van der Waals surface area (Å²) >= 11 is 0. The number of nitro groups is 1. The highest BCUT2D eigenvalue weighted by Gasteiger charge is 2.25. The van der Waals surface area contributed by atoms with Crippen molar-refractivity contribution in [2.45, 2.75) is 54.6 Å². The molecule has 3 aromatic rings. The molecule has 10 heteroatoms. The molecule has 0 saturated heterocycles. The minimum absolute atomic E-state index is 0.103. The number of nitrogens with zero attached hydrogens (tertiary/aromatic N) is 7. The van der Waals surface area contributed by atoms with Crippen molar-refractivity contribution in [3.63, 3.8) is 0 Å². The van der Waals surface area contributed by atoms with Gasteiger partial charge < -0.3 is 0 Å². The van der Waals surface area contributed by atoms with E-state index in [-0.39, 0.29) is 28.6 Å². The SMILES string of the molecule is CCn1ncc(/C=C(/C(=O)/C=C/c2cnn(CC)c2C)n2nc(C)c([N+](=O)[O-])c2C)c1C. The lowest BCUT2D eigenvalue weighted by atomic mass is 10.1. The number of hydrogen-bond acceptors (Lipinski definition) is 6. The summed E-state index contributed by atoms with van der Waals surface area (Å²) in [6.45, 7) is 12.4. The third-order valence-electron chi connectivity index (χ3n) is 5.50. The lowest BCUT2D eigenvalue weighted by Gasteiger charge is -2.07. The summed E-state index contributed by atoms with van der Waals surface area (Å²) in [4.78, 5) is 24.3. The van der Waals surface area contributed by atoms with Crippen molar-refractivity contribution in [3.05, 3.63) is 62.5 Å². The van der Waals surface area contributed by atoms with E-state index in [1.807, 2.05) is 37.1 Å². The molecule has 0 radical (unpaired) electrons. The minimum Gasteiger partial charge on any atom is -0.288 e. The number of hydrogen-bond donors (Lipinski definition) is 0. The van der Waals surface area contributed by atoms with Crippen molar-refractivity contribution in [1.82, 2.24) is 29.3 Å². The first kappa shape index (κ1) is 22.9. The minimum atomic E-state index is -0.477. The van der Waals surface area contributed by atoms with Crippen LogP contribution in [0.3, 0.4) is 0 Å². The summed E-state index contributed by atoms with van der Waals surface area (Å²) in [7, 11) is 0. The number of allylic oxidation sites excluding steroid dienone is 2. The van der Waals surface area contributed by atoms with Crippen LogP contribution in [0.15, 0.2) is 18.5 Å². The fourth-order valence-corrected chi connectivity index (χ4v) is 3.63. The molecule has 0 N–H and O–H groups in total. The second-order valence-electron chi connectivity index (χ2n) is 7.42. The van der Waals surface area contributed by atoms with Crippen molar-refractivity contribution in [1.29, 1.82) is 0 Å². The second-order valence-corrected chi connectivity index (χ2v) is 7.42. The highest BCUT2D eigenvalue weighted by atomic mass is 16.6. The van der Waals surface area contributed by atoms with E-state index in [2.05, 4.69) is 15.3 Å². The predicted molar refractivity (Wildman–Crippen MR) is 122 cm³/mol. The smallest absolute Gasteiger partial charge is 0.288 e. The number of carbonyl (C=O) groups is 1. The molecule has 0 atom stereocenters. The molecule has 168 valence electrons. The van der Waals surface area contributed by atoms with Gasteiger partial charge in [0.2, 0.25) is 5.78 Å². The van der Waals surface area contributed by atoms with Gasteiger partial charge in [0.25, 0.3) is 0 Å². The Morgan fingerprint density at radius 3 is 2.06 bits per heavy atom. The van der Waals surface area contributed by atoms with Crippen LogP contribution < -0.4 is 0 Å². The molecular formula is C22H27N7O3. The molecule has 10 nitrogen and oxygen atoms in total. The van der Waals surface area contributed by atoms with Gasteiger partial charge in [-0.25, -0.2) is 4.68 Å². The van der Waals surface area contributed by atoms with Crippen LogP contribution in [0.1, 0.15) is 47.8 Å². The molecule has 0 unspecified atom stereocenters. The number of aryl methyl sites for hydroxylation is 3. The standard InChI is InChI=1S/C22H27N7O3/c1-7-26-15(4)18(12-23-26)9-10-21(30)20(11-19-13-24-27(8-2)16(19)5)28-17(6)22(29(31)32)14(3)25-28/h9-13H,7-8H2,1-6H3/b10-9+,20-11-. The first-order valence-electron chi connectivity index (χ1n) is 10.4. The van der Waals surface area contributed by atoms with Gasteiger partial charge in [0.1, 0.15) is 17.1 Å². The Bertz CT molecular complexity index is 1240.